The van der Waals surface area contributed by atoms with Crippen molar-refractivity contribution in [2.24, 2.45) is 5.73 Å². The predicted octanol–water partition coefficient (Wildman–Crippen LogP) is 1.89. The van der Waals surface area contributed by atoms with Crippen molar-refractivity contribution >= 4 is 0 Å². The van der Waals surface area contributed by atoms with Gasteiger partial charge in [-0.25, -0.2) is 4.39 Å². The molecule has 0 unspecified atom stereocenters. The van der Waals surface area contributed by atoms with Crippen molar-refractivity contribution in [3.05, 3.63) is 35.9 Å². The van der Waals surface area contributed by atoms with Crippen LogP contribution in [0.4, 0.5) is 4.39 Å². The molecule has 0 fully saturated rings. The summed E-state index contributed by atoms with van der Waals surface area (Å²) >= 11 is 0. The molecule has 0 bridgehead atoms. The summed E-state index contributed by atoms with van der Waals surface area (Å²) in [4.78, 5) is 0. The molecule has 0 aliphatic rings. The Kier molecular flexibility index (Phi) is 5.19. The van der Waals surface area contributed by atoms with Crippen LogP contribution >= 0.6 is 0 Å². The molecule has 0 saturated heterocycles. The number of rotatable bonds is 6. The van der Waals surface area contributed by atoms with E-state index in [1.54, 1.807) is 0 Å². The summed E-state index contributed by atoms with van der Waals surface area (Å²) in [5.41, 5.74) is 6.24. The number of hydrogen-bond acceptors (Lipinski definition) is 2. The zero-order valence-corrected chi connectivity index (χ0v) is 8.16. The molecule has 14 heavy (non-hydrogen) atoms. The molecule has 0 amide bonds. The van der Waals surface area contributed by atoms with Gasteiger partial charge in [0.2, 0.25) is 0 Å². The van der Waals surface area contributed by atoms with Crippen molar-refractivity contribution in [1.82, 2.24) is 0 Å². The van der Waals surface area contributed by atoms with Crippen molar-refractivity contribution in [2.75, 3.05) is 13.2 Å². The summed E-state index contributed by atoms with van der Waals surface area (Å²) in [5, 5.41) is 0. The van der Waals surface area contributed by atoms with Crippen LogP contribution in [-0.4, -0.2) is 19.3 Å². The molecule has 0 aliphatic heterocycles. The van der Waals surface area contributed by atoms with Gasteiger partial charge in [0.05, 0.1) is 6.61 Å². The summed E-state index contributed by atoms with van der Waals surface area (Å²) in [6, 6.07) is 9.83. The van der Waals surface area contributed by atoms with Crippen LogP contribution in [0.1, 0.15) is 12.0 Å². The van der Waals surface area contributed by atoms with Crippen LogP contribution in [0.3, 0.4) is 0 Å². The Morgan fingerprint density at radius 2 is 2.00 bits per heavy atom. The highest BCUT2D eigenvalue weighted by Gasteiger charge is 2.02. The Balaban J connectivity index is 2.10. The van der Waals surface area contributed by atoms with Gasteiger partial charge in [0.15, 0.2) is 0 Å². The molecule has 1 aromatic carbocycles. The molecule has 3 heteroatoms. The Morgan fingerprint density at radius 1 is 1.29 bits per heavy atom. The monoisotopic (exact) mass is 197 g/mol. The Bertz CT molecular complexity index is 240. The van der Waals surface area contributed by atoms with Crippen LogP contribution in [0.2, 0.25) is 0 Å². The SMILES string of the molecule is NC[C@H](F)CCOCc1ccccc1. The molecule has 0 aliphatic carbocycles. The number of hydrogen-bond donors (Lipinski definition) is 1. The fraction of sp³-hybridized carbons (Fsp3) is 0.455. The highest BCUT2D eigenvalue weighted by Crippen LogP contribution is 2.02. The van der Waals surface area contributed by atoms with E-state index in [4.69, 9.17) is 10.5 Å². The van der Waals surface area contributed by atoms with E-state index in [1.807, 2.05) is 30.3 Å². The first kappa shape index (κ1) is 11.1. The Labute approximate surface area is 83.9 Å². The molecule has 0 spiro atoms. The van der Waals surface area contributed by atoms with Gasteiger partial charge in [-0.15, -0.1) is 0 Å². The van der Waals surface area contributed by atoms with Crippen LogP contribution in [0.5, 0.6) is 0 Å². The number of nitrogens with two attached hydrogens (primary N) is 1. The molecule has 0 aromatic heterocycles. The maximum atomic E-state index is 12.7. The van der Waals surface area contributed by atoms with Gasteiger partial charge < -0.3 is 10.5 Å². The number of halogens is 1. The fourth-order valence-corrected chi connectivity index (χ4v) is 1.09. The number of ether oxygens (including phenoxy) is 1. The average molecular weight is 197 g/mol. The van der Waals surface area contributed by atoms with E-state index in [0.717, 1.165) is 5.56 Å². The van der Waals surface area contributed by atoms with E-state index in [2.05, 4.69) is 0 Å². The molecule has 0 heterocycles. The molecule has 2 nitrogen and oxygen atoms in total. The van der Waals surface area contributed by atoms with Crippen LogP contribution in [-0.2, 0) is 11.3 Å². The van der Waals surface area contributed by atoms with Gasteiger partial charge >= 0.3 is 0 Å². The third-order valence-corrected chi connectivity index (χ3v) is 1.94. The molecular formula is C11H16FNO. The normalized spacial score (nSPS) is 12.7. The summed E-state index contributed by atoms with van der Waals surface area (Å²) in [5.74, 6) is 0. The summed E-state index contributed by atoms with van der Waals surface area (Å²) in [7, 11) is 0. The molecule has 78 valence electrons. The second-order valence-electron chi connectivity index (χ2n) is 3.16. The van der Waals surface area contributed by atoms with E-state index in [1.165, 1.54) is 0 Å². The van der Waals surface area contributed by atoms with E-state index >= 15 is 0 Å². The minimum atomic E-state index is -0.939. The van der Waals surface area contributed by atoms with E-state index in [9.17, 15) is 4.39 Å². The molecule has 0 radical (unpaired) electrons. The quantitative estimate of drug-likeness (QED) is 0.707. The van der Waals surface area contributed by atoms with Crippen LogP contribution in [0.15, 0.2) is 30.3 Å². The van der Waals surface area contributed by atoms with Crippen molar-refractivity contribution in [3.8, 4) is 0 Å². The van der Waals surface area contributed by atoms with Crippen LogP contribution in [0, 0.1) is 0 Å². The average Bonchev–Trinajstić information content (AvgIpc) is 2.25. The first-order valence-corrected chi connectivity index (χ1v) is 4.78. The zero-order chi connectivity index (χ0) is 10.2. The van der Waals surface area contributed by atoms with Gasteiger partial charge in [-0.3, -0.25) is 0 Å². The first-order valence-electron chi connectivity index (χ1n) is 4.78. The Hall–Kier alpha value is -0.930. The van der Waals surface area contributed by atoms with E-state index in [0.29, 0.717) is 19.6 Å². The van der Waals surface area contributed by atoms with Gasteiger partial charge in [-0.1, -0.05) is 30.3 Å². The molecule has 1 atom stereocenters. The highest BCUT2D eigenvalue weighted by atomic mass is 19.1. The zero-order valence-electron chi connectivity index (χ0n) is 8.16. The molecular weight excluding hydrogens is 181 g/mol. The maximum Gasteiger partial charge on any atom is 0.114 e. The van der Waals surface area contributed by atoms with Crippen molar-refractivity contribution in [2.45, 2.75) is 19.2 Å². The van der Waals surface area contributed by atoms with Gasteiger partial charge in [0.1, 0.15) is 6.17 Å². The predicted molar refractivity (Wildman–Crippen MR) is 54.7 cm³/mol. The molecule has 2 N–H and O–H groups in total. The summed E-state index contributed by atoms with van der Waals surface area (Å²) in [6.07, 6.45) is -0.561. The van der Waals surface area contributed by atoms with Crippen LogP contribution in [0.25, 0.3) is 0 Å². The second kappa shape index (κ2) is 6.51. The van der Waals surface area contributed by atoms with Gasteiger partial charge in [0.25, 0.3) is 0 Å². The minimum absolute atomic E-state index is 0.0781. The molecule has 0 saturated carbocycles. The lowest BCUT2D eigenvalue weighted by molar-refractivity contribution is 0.101. The smallest absolute Gasteiger partial charge is 0.114 e. The minimum Gasteiger partial charge on any atom is -0.377 e. The van der Waals surface area contributed by atoms with Gasteiger partial charge in [0, 0.05) is 19.6 Å². The van der Waals surface area contributed by atoms with Crippen LogP contribution < -0.4 is 5.73 Å². The lowest BCUT2D eigenvalue weighted by Crippen LogP contribution is -2.17. The maximum absolute atomic E-state index is 12.7. The summed E-state index contributed by atoms with van der Waals surface area (Å²) < 4.78 is 17.9. The topological polar surface area (TPSA) is 35.2 Å². The van der Waals surface area contributed by atoms with Crippen molar-refractivity contribution in [1.29, 1.82) is 0 Å². The number of benzene rings is 1. The lowest BCUT2D eigenvalue weighted by atomic mass is 10.2. The number of alkyl halides is 1. The molecule has 1 rings (SSSR count). The Morgan fingerprint density at radius 3 is 2.64 bits per heavy atom. The third kappa shape index (κ3) is 4.35. The van der Waals surface area contributed by atoms with E-state index in [-0.39, 0.29) is 6.54 Å². The van der Waals surface area contributed by atoms with E-state index < -0.39 is 6.17 Å². The summed E-state index contributed by atoms with van der Waals surface area (Å²) in [6.45, 7) is 1.04. The lowest BCUT2D eigenvalue weighted by Gasteiger charge is -2.06. The van der Waals surface area contributed by atoms with Gasteiger partial charge in [-0.2, -0.15) is 0 Å². The third-order valence-electron chi connectivity index (χ3n) is 1.94. The second-order valence-corrected chi connectivity index (χ2v) is 3.16. The van der Waals surface area contributed by atoms with Gasteiger partial charge in [-0.05, 0) is 5.56 Å². The van der Waals surface area contributed by atoms with Crippen molar-refractivity contribution < 1.29 is 9.13 Å². The highest BCUT2D eigenvalue weighted by molar-refractivity contribution is 5.13. The van der Waals surface area contributed by atoms with Crippen molar-refractivity contribution in [3.63, 3.8) is 0 Å². The first-order chi connectivity index (χ1) is 6.83. The molecule has 1 aromatic rings. The fourth-order valence-electron chi connectivity index (χ4n) is 1.09. The standard InChI is InChI=1S/C11H16FNO/c12-11(8-13)6-7-14-9-10-4-2-1-3-5-10/h1-5,11H,6-9,13H2/t11-/m1/s1. The largest absolute Gasteiger partial charge is 0.377 e.